The minimum absolute atomic E-state index is 0.766. The molecule has 1 aliphatic rings. The summed E-state index contributed by atoms with van der Waals surface area (Å²) in [5, 5.41) is 14.0. The Hall–Kier alpha value is -1.33. The minimum Gasteiger partial charge on any atom is -0.314 e. The summed E-state index contributed by atoms with van der Waals surface area (Å²) in [6.07, 6.45) is 7.20. The Morgan fingerprint density at radius 2 is 2.06 bits per heavy atom. The van der Waals surface area contributed by atoms with Gasteiger partial charge in [-0.1, -0.05) is 11.3 Å². The standard InChI is InChI=1S/C12H14N4S/c1-2-10(1)14-8-5-11-15-16-12(17-11)9-3-6-13-7-4-9/h3-4,6-7,10,14H,1-2,5,8H2. The first-order chi connectivity index (χ1) is 8.42. The zero-order chi connectivity index (χ0) is 11.5. The van der Waals surface area contributed by atoms with E-state index in [1.54, 1.807) is 23.7 Å². The van der Waals surface area contributed by atoms with Crippen LogP contribution in [0, 0.1) is 0 Å². The van der Waals surface area contributed by atoms with Gasteiger partial charge >= 0.3 is 0 Å². The van der Waals surface area contributed by atoms with E-state index in [0.29, 0.717) is 0 Å². The number of nitrogens with zero attached hydrogens (tertiary/aromatic N) is 3. The predicted octanol–water partition coefficient (Wildman–Crippen LogP) is 1.89. The zero-order valence-electron chi connectivity index (χ0n) is 9.47. The molecule has 17 heavy (non-hydrogen) atoms. The second-order valence-corrected chi connectivity index (χ2v) is 5.28. The molecular formula is C12H14N4S. The third-order valence-electron chi connectivity index (χ3n) is 2.74. The van der Waals surface area contributed by atoms with E-state index in [1.807, 2.05) is 12.1 Å². The second kappa shape index (κ2) is 4.89. The van der Waals surface area contributed by atoms with Gasteiger partial charge in [-0.3, -0.25) is 4.98 Å². The summed E-state index contributed by atoms with van der Waals surface area (Å²) in [7, 11) is 0. The van der Waals surface area contributed by atoms with Crippen molar-refractivity contribution in [2.75, 3.05) is 6.54 Å². The number of rotatable bonds is 5. The van der Waals surface area contributed by atoms with E-state index < -0.39 is 0 Å². The summed E-state index contributed by atoms with van der Waals surface area (Å²) < 4.78 is 0. The molecule has 1 N–H and O–H groups in total. The van der Waals surface area contributed by atoms with E-state index in [0.717, 1.165) is 34.6 Å². The van der Waals surface area contributed by atoms with Gasteiger partial charge in [0.2, 0.25) is 0 Å². The molecule has 0 spiro atoms. The normalized spacial score (nSPS) is 15.1. The molecule has 4 nitrogen and oxygen atoms in total. The van der Waals surface area contributed by atoms with Gasteiger partial charge in [0, 0.05) is 37.0 Å². The fourth-order valence-corrected chi connectivity index (χ4v) is 2.48. The number of hydrogen-bond acceptors (Lipinski definition) is 5. The van der Waals surface area contributed by atoms with Crippen molar-refractivity contribution in [1.82, 2.24) is 20.5 Å². The number of hydrogen-bond donors (Lipinski definition) is 1. The van der Waals surface area contributed by atoms with Crippen molar-refractivity contribution in [2.24, 2.45) is 0 Å². The molecule has 0 aliphatic heterocycles. The van der Waals surface area contributed by atoms with Crippen molar-refractivity contribution in [3.05, 3.63) is 29.5 Å². The van der Waals surface area contributed by atoms with Crippen LogP contribution in [0.15, 0.2) is 24.5 Å². The Balaban J connectivity index is 1.61. The average molecular weight is 246 g/mol. The lowest BCUT2D eigenvalue weighted by molar-refractivity contribution is 0.677. The molecule has 0 unspecified atom stereocenters. The summed E-state index contributed by atoms with van der Waals surface area (Å²) in [5.41, 5.74) is 1.10. The molecule has 2 aromatic heterocycles. The van der Waals surface area contributed by atoms with Gasteiger partial charge in [0.05, 0.1) is 0 Å². The monoisotopic (exact) mass is 246 g/mol. The smallest absolute Gasteiger partial charge is 0.147 e. The molecule has 1 saturated carbocycles. The number of pyridine rings is 1. The first-order valence-electron chi connectivity index (χ1n) is 5.88. The fourth-order valence-electron chi connectivity index (χ4n) is 1.64. The predicted molar refractivity (Wildman–Crippen MR) is 67.9 cm³/mol. The maximum Gasteiger partial charge on any atom is 0.147 e. The van der Waals surface area contributed by atoms with Crippen molar-refractivity contribution < 1.29 is 0 Å². The van der Waals surface area contributed by atoms with Gasteiger partial charge in [0.25, 0.3) is 0 Å². The van der Waals surface area contributed by atoms with E-state index in [2.05, 4.69) is 20.5 Å². The summed E-state index contributed by atoms with van der Waals surface area (Å²) >= 11 is 1.67. The Morgan fingerprint density at radius 3 is 2.82 bits per heavy atom. The Morgan fingerprint density at radius 1 is 1.24 bits per heavy atom. The third-order valence-corrected chi connectivity index (χ3v) is 3.78. The zero-order valence-corrected chi connectivity index (χ0v) is 10.3. The first kappa shape index (κ1) is 10.8. The van der Waals surface area contributed by atoms with Crippen molar-refractivity contribution in [3.63, 3.8) is 0 Å². The maximum atomic E-state index is 4.22. The molecular weight excluding hydrogens is 232 g/mol. The Bertz CT molecular complexity index is 478. The summed E-state index contributed by atoms with van der Waals surface area (Å²) in [6.45, 7) is 1.01. The maximum absolute atomic E-state index is 4.22. The van der Waals surface area contributed by atoms with Crippen molar-refractivity contribution in [3.8, 4) is 10.6 Å². The molecule has 0 bridgehead atoms. The van der Waals surface area contributed by atoms with Gasteiger partial charge in [-0.2, -0.15) is 0 Å². The Kier molecular flexibility index (Phi) is 3.11. The van der Waals surface area contributed by atoms with Crippen LogP contribution in [-0.2, 0) is 6.42 Å². The highest BCUT2D eigenvalue weighted by molar-refractivity contribution is 7.14. The van der Waals surface area contributed by atoms with Crippen LogP contribution in [-0.4, -0.2) is 27.8 Å². The van der Waals surface area contributed by atoms with Gasteiger partial charge in [0.15, 0.2) is 0 Å². The second-order valence-electron chi connectivity index (χ2n) is 4.22. The molecule has 2 heterocycles. The molecule has 1 aliphatic carbocycles. The molecule has 3 rings (SSSR count). The van der Waals surface area contributed by atoms with Gasteiger partial charge in [-0.15, -0.1) is 10.2 Å². The van der Waals surface area contributed by atoms with Crippen LogP contribution in [0.1, 0.15) is 17.8 Å². The van der Waals surface area contributed by atoms with Crippen LogP contribution in [0.2, 0.25) is 0 Å². The molecule has 88 valence electrons. The molecule has 0 saturated heterocycles. The van der Waals surface area contributed by atoms with E-state index in [9.17, 15) is 0 Å². The van der Waals surface area contributed by atoms with Gasteiger partial charge < -0.3 is 5.32 Å². The number of aromatic nitrogens is 3. The van der Waals surface area contributed by atoms with Crippen LogP contribution in [0.5, 0.6) is 0 Å². The quantitative estimate of drug-likeness (QED) is 0.875. The Labute approximate surface area is 104 Å². The number of nitrogens with one attached hydrogen (secondary N) is 1. The average Bonchev–Trinajstić information content (AvgIpc) is 3.07. The highest BCUT2D eigenvalue weighted by Crippen LogP contribution is 2.23. The van der Waals surface area contributed by atoms with Gasteiger partial charge in [-0.25, -0.2) is 0 Å². The van der Waals surface area contributed by atoms with E-state index in [-0.39, 0.29) is 0 Å². The van der Waals surface area contributed by atoms with Crippen LogP contribution in [0.3, 0.4) is 0 Å². The van der Waals surface area contributed by atoms with Crippen LogP contribution >= 0.6 is 11.3 Å². The van der Waals surface area contributed by atoms with E-state index in [1.165, 1.54) is 12.8 Å². The van der Waals surface area contributed by atoms with Gasteiger partial charge in [0.1, 0.15) is 10.0 Å². The van der Waals surface area contributed by atoms with Crippen LogP contribution < -0.4 is 5.32 Å². The SMILES string of the molecule is c1cc(-c2nnc(CCNC3CC3)s2)ccn1. The summed E-state index contributed by atoms with van der Waals surface area (Å²) in [6, 6.07) is 4.70. The topological polar surface area (TPSA) is 50.7 Å². The van der Waals surface area contributed by atoms with Gasteiger partial charge in [-0.05, 0) is 25.0 Å². The van der Waals surface area contributed by atoms with Crippen molar-refractivity contribution in [2.45, 2.75) is 25.3 Å². The van der Waals surface area contributed by atoms with Crippen molar-refractivity contribution in [1.29, 1.82) is 0 Å². The molecule has 0 amide bonds. The van der Waals surface area contributed by atoms with Crippen molar-refractivity contribution >= 4 is 11.3 Å². The summed E-state index contributed by atoms with van der Waals surface area (Å²) in [5.74, 6) is 0. The molecule has 2 aromatic rings. The largest absolute Gasteiger partial charge is 0.314 e. The molecule has 0 radical (unpaired) electrons. The molecule has 0 aromatic carbocycles. The van der Waals surface area contributed by atoms with Crippen LogP contribution in [0.4, 0.5) is 0 Å². The lowest BCUT2D eigenvalue weighted by Crippen LogP contribution is -2.19. The lowest BCUT2D eigenvalue weighted by atomic mass is 10.3. The van der Waals surface area contributed by atoms with Crippen LogP contribution in [0.25, 0.3) is 10.6 Å². The summed E-state index contributed by atoms with van der Waals surface area (Å²) in [4.78, 5) is 4.00. The molecule has 0 atom stereocenters. The highest BCUT2D eigenvalue weighted by Gasteiger charge is 2.19. The fraction of sp³-hybridized carbons (Fsp3) is 0.417. The lowest BCUT2D eigenvalue weighted by Gasteiger charge is -1.97. The third kappa shape index (κ3) is 2.87. The minimum atomic E-state index is 0.766. The van der Waals surface area contributed by atoms with E-state index in [4.69, 9.17) is 0 Å². The highest BCUT2D eigenvalue weighted by atomic mass is 32.1. The molecule has 5 heteroatoms. The first-order valence-corrected chi connectivity index (χ1v) is 6.69. The van der Waals surface area contributed by atoms with E-state index >= 15 is 0 Å². The molecule has 1 fully saturated rings.